The summed E-state index contributed by atoms with van der Waals surface area (Å²) in [6.45, 7) is 2.52. The lowest BCUT2D eigenvalue weighted by Crippen LogP contribution is -2.42. The molecule has 0 saturated carbocycles. The molecule has 0 aromatic heterocycles. The van der Waals surface area contributed by atoms with Gasteiger partial charge in [-0.1, -0.05) is 30.3 Å². The van der Waals surface area contributed by atoms with E-state index in [1.807, 2.05) is 30.3 Å². The quantitative estimate of drug-likeness (QED) is 0.501. The maximum absolute atomic E-state index is 11.5. The van der Waals surface area contributed by atoms with Crippen LogP contribution in [-0.2, 0) is 20.1 Å². The average Bonchev–Trinajstić information content (AvgIpc) is 2.64. The molecule has 2 aromatic rings. The van der Waals surface area contributed by atoms with Crippen molar-refractivity contribution < 1.29 is 33.6 Å². The summed E-state index contributed by atoms with van der Waals surface area (Å²) in [6, 6.07) is 12.3. The van der Waals surface area contributed by atoms with E-state index in [4.69, 9.17) is 18.9 Å². The minimum Gasteiger partial charge on any atom is -0.488 e. The van der Waals surface area contributed by atoms with Crippen LogP contribution >= 0.6 is 0 Å². The van der Waals surface area contributed by atoms with Gasteiger partial charge in [0.1, 0.15) is 6.61 Å². The van der Waals surface area contributed by atoms with Crippen molar-refractivity contribution in [3.05, 3.63) is 53.6 Å². The molecular formula is C20H20O7. The lowest BCUT2D eigenvalue weighted by atomic mass is 9.84. The second-order valence-corrected chi connectivity index (χ2v) is 6.13. The molecule has 0 bridgehead atoms. The van der Waals surface area contributed by atoms with E-state index in [0.717, 1.165) is 5.56 Å². The van der Waals surface area contributed by atoms with Gasteiger partial charge in [0, 0.05) is 21.0 Å². The molecule has 1 heterocycles. The monoisotopic (exact) mass is 372 g/mol. The largest absolute Gasteiger partial charge is 0.488 e. The van der Waals surface area contributed by atoms with Crippen LogP contribution < -0.4 is 14.2 Å². The summed E-state index contributed by atoms with van der Waals surface area (Å²) >= 11 is 0. The standard InChI is InChI=1S/C20H20O7/c1-12(21)26-17-10-9-15-18(19(17)27-13(2)22)25-11-16(20(15,23)24-3)14-7-5-4-6-8-14/h4-10,16,23H,11H2,1-3H3. The Hall–Kier alpha value is -2.90. The second kappa shape index (κ2) is 7.38. The van der Waals surface area contributed by atoms with Crippen molar-refractivity contribution in [2.75, 3.05) is 13.7 Å². The van der Waals surface area contributed by atoms with Crippen molar-refractivity contribution in [2.45, 2.75) is 25.6 Å². The van der Waals surface area contributed by atoms with Crippen LogP contribution in [0.1, 0.15) is 30.9 Å². The summed E-state index contributed by atoms with van der Waals surface area (Å²) in [5.41, 5.74) is 1.10. The minimum absolute atomic E-state index is 0.0214. The molecule has 7 heteroatoms. The molecule has 3 rings (SSSR count). The molecule has 0 radical (unpaired) electrons. The van der Waals surface area contributed by atoms with E-state index >= 15 is 0 Å². The highest BCUT2D eigenvalue weighted by Gasteiger charge is 2.47. The maximum atomic E-state index is 11.5. The number of rotatable bonds is 4. The van der Waals surface area contributed by atoms with Crippen LogP contribution in [-0.4, -0.2) is 30.8 Å². The Labute approximate surface area is 156 Å². The smallest absolute Gasteiger partial charge is 0.308 e. The van der Waals surface area contributed by atoms with Crippen LogP contribution in [0.2, 0.25) is 0 Å². The van der Waals surface area contributed by atoms with E-state index in [2.05, 4.69) is 0 Å². The molecule has 1 aliphatic rings. The predicted octanol–water partition coefficient (Wildman–Crippen LogP) is 2.50. The summed E-state index contributed by atoms with van der Waals surface area (Å²) in [7, 11) is 1.39. The van der Waals surface area contributed by atoms with E-state index in [9.17, 15) is 14.7 Å². The maximum Gasteiger partial charge on any atom is 0.308 e. The summed E-state index contributed by atoms with van der Waals surface area (Å²) in [5.74, 6) is -3.39. The first-order valence-electron chi connectivity index (χ1n) is 8.36. The van der Waals surface area contributed by atoms with Crippen LogP contribution in [0.5, 0.6) is 17.2 Å². The van der Waals surface area contributed by atoms with Crippen molar-refractivity contribution in [3.8, 4) is 17.2 Å². The fourth-order valence-corrected chi connectivity index (χ4v) is 3.17. The van der Waals surface area contributed by atoms with E-state index in [1.165, 1.54) is 33.1 Å². The molecule has 0 spiro atoms. The van der Waals surface area contributed by atoms with Gasteiger partial charge in [0.25, 0.3) is 0 Å². The second-order valence-electron chi connectivity index (χ2n) is 6.13. The first-order chi connectivity index (χ1) is 12.9. The van der Waals surface area contributed by atoms with Crippen molar-refractivity contribution in [2.24, 2.45) is 0 Å². The van der Waals surface area contributed by atoms with Gasteiger partial charge in [0.15, 0.2) is 11.5 Å². The van der Waals surface area contributed by atoms with Gasteiger partial charge in [-0.15, -0.1) is 0 Å². The number of ether oxygens (including phenoxy) is 4. The Morgan fingerprint density at radius 2 is 1.74 bits per heavy atom. The fourth-order valence-electron chi connectivity index (χ4n) is 3.17. The number of benzene rings is 2. The Morgan fingerprint density at radius 1 is 1.07 bits per heavy atom. The average molecular weight is 372 g/mol. The molecule has 2 unspecified atom stereocenters. The zero-order valence-corrected chi connectivity index (χ0v) is 15.2. The van der Waals surface area contributed by atoms with Crippen molar-refractivity contribution >= 4 is 11.9 Å². The molecule has 0 aliphatic carbocycles. The summed E-state index contributed by atoms with van der Waals surface area (Å²) in [4.78, 5) is 22.9. The molecule has 1 aliphatic heterocycles. The normalized spacial score (nSPS) is 21.0. The van der Waals surface area contributed by atoms with Crippen molar-refractivity contribution in [3.63, 3.8) is 0 Å². The molecule has 0 fully saturated rings. The number of fused-ring (bicyclic) bond motifs is 1. The number of hydrogen-bond acceptors (Lipinski definition) is 7. The van der Waals surface area contributed by atoms with Gasteiger partial charge < -0.3 is 24.1 Å². The molecule has 27 heavy (non-hydrogen) atoms. The number of carbonyl (C=O) groups excluding carboxylic acids is 2. The predicted molar refractivity (Wildman–Crippen MR) is 94.6 cm³/mol. The number of methoxy groups -OCH3 is 1. The molecule has 2 atom stereocenters. The van der Waals surface area contributed by atoms with Gasteiger partial charge in [-0.05, 0) is 17.7 Å². The highest BCUT2D eigenvalue weighted by Crippen LogP contribution is 2.52. The Kier molecular flexibility index (Phi) is 5.16. The van der Waals surface area contributed by atoms with Gasteiger partial charge in [-0.2, -0.15) is 0 Å². The van der Waals surface area contributed by atoms with E-state index in [1.54, 1.807) is 0 Å². The molecule has 2 aromatic carbocycles. The number of carbonyl (C=O) groups is 2. The molecule has 0 amide bonds. The van der Waals surface area contributed by atoms with Crippen LogP contribution in [0, 0.1) is 0 Å². The third-order valence-corrected chi connectivity index (χ3v) is 4.34. The molecule has 7 nitrogen and oxygen atoms in total. The first-order valence-corrected chi connectivity index (χ1v) is 8.36. The third kappa shape index (κ3) is 3.51. The Balaban J connectivity index is 2.14. The van der Waals surface area contributed by atoms with Crippen LogP contribution in [0.4, 0.5) is 0 Å². The van der Waals surface area contributed by atoms with E-state index < -0.39 is 23.6 Å². The van der Waals surface area contributed by atoms with Gasteiger partial charge in [-0.25, -0.2) is 0 Å². The topological polar surface area (TPSA) is 91.3 Å². The first kappa shape index (κ1) is 18.9. The zero-order chi connectivity index (χ0) is 19.6. The lowest BCUT2D eigenvalue weighted by molar-refractivity contribution is -0.224. The highest BCUT2D eigenvalue weighted by molar-refractivity contribution is 5.76. The summed E-state index contributed by atoms with van der Waals surface area (Å²) < 4.78 is 21.6. The van der Waals surface area contributed by atoms with Crippen LogP contribution in [0.25, 0.3) is 0 Å². The van der Waals surface area contributed by atoms with Gasteiger partial charge >= 0.3 is 11.9 Å². The SMILES string of the molecule is COC1(O)c2ccc(OC(C)=O)c(OC(C)=O)c2OCC1c1ccccc1. The van der Waals surface area contributed by atoms with E-state index in [-0.39, 0.29) is 29.4 Å². The minimum atomic E-state index is -1.72. The van der Waals surface area contributed by atoms with Gasteiger partial charge in [0.2, 0.25) is 11.5 Å². The molecule has 1 N–H and O–H groups in total. The Bertz CT molecular complexity index is 862. The zero-order valence-electron chi connectivity index (χ0n) is 15.2. The third-order valence-electron chi connectivity index (χ3n) is 4.34. The van der Waals surface area contributed by atoms with Crippen molar-refractivity contribution in [1.82, 2.24) is 0 Å². The fraction of sp³-hybridized carbons (Fsp3) is 0.300. The van der Waals surface area contributed by atoms with Crippen molar-refractivity contribution in [1.29, 1.82) is 0 Å². The summed E-state index contributed by atoms with van der Waals surface area (Å²) in [6.07, 6.45) is 0. The van der Waals surface area contributed by atoms with Crippen LogP contribution in [0.15, 0.2) is 42.5 Å². The number of hydrogen-bond donors (Lipinski definition) is 1. The number of esters is 2. The summed E-state index contributed by atoms with van der Waals surface area (Å²) in [5, 5.41) is 11.3. The molecule has 142 valence electrons. The van der Waals surface area contributed by atoms with Gasteiger partial charge in [0.05, 0.1) is 11.5 Å². The lowest BCUT2D eigenvalue weighted by Gasteiger charge is -2.40. The molecular weight excluding hydrogens is 352 g/mol. The van der Waals surface area contributed by atoms with Crippen LogP contribution in [0.3, 0.4) is 0 Å². The highest BCUT2D eigenvalue weighted by atomic mass is 16.6. The van der Waals surface area contributed by atoms with E-state index in [0.29, 0.717) is 0 Å². The molecule has 0 saturated heterocycles. The van der Waals surface area contributed by atoms with Gasteiger partial charge in [-0.3, -0.25) is 9.59 Å². The Morgan fingerprint density at radius 3 is 2.33 bits per heavy atom. The number of aliphatic hydroxyl groups is 1.